The van der Waals surface area contributed by atoms with E-state index in [1.165, 1.54) is 12.3 Å². The maximum absolute atomic E-state index is 11.4. The van der Waals surface area contributed by atoms with Gasteiger partial charge in [0.25, 0.3) is 0 Å². The molecule has 0 N–H and O–H groups in total. The normalized spacial score (nSPS) is 10.2. The van der Waals surface area contributed by atoms with Gasteiger partial charge in [-0.1, -0.05) is 23.2 Å². The molecule has 0 bridgehead atoms. The Morgan fingerprint density at radius 3 is 2.86 bits per heavy atom. The minimum absolute atomic E-state index is 0.0134. The summed E-state index contributed by atoms with van der Waals surface area (Å²) in [6.07, 6.45) is 1.35. The van der Waals surface area contributed by atoms with Gasteiger partial charge in [0, 0.05) is 12.8 Å². The van der Waals surface area contributed by atoms with Crippen molar-refractivity contribution in [1.82, 2.24) is 4.98 Å². The fourth-order valence-corrected chi connectivity index (χ4v) is 1.36. The first-order valence-electron chi connectivity index (χ1n) is 4.07. The highest BCUT2D eigenvalue weighted by Gasteiger charge is 2.11. The number of carbonyl (C=O) groups is 1. The van der Waals surface area contributed by atoms with Gasteiger partial charge in [0.2, 0.25) is 0 Å². The fourth-order valence-electron chi connectivity index (χ4n) is 0.885. The monoisotopic (exact) mass is 233 g/mol. The van der Waals surface area contributed by atoms with E-state index in [0.29, 0.717) is 17.2 Å². The lowest BCUT2D eigenvalue weighted by atomic mass is 10.2. The summed E-state index contributed by atoms with van der Waals surface area (Å²) in [6, 6.07) is 1.43. The second-order valence-corrected chi connectivity index (χ2v) is 3.34. The lowest BCUT2D eigenvalue weighted by Crippen LogP contribution is -2.09. The van der Waals surface area contributed by atoms with Crippen LogP contribution in [0.2, 0.25) is 10.2 Å². The number of rotatable bonds is 4. The van der Waals surface area contributed by atoms with Crippen LogP contribution in [0.4, 0.5) is 0 Å². The van der Waals surface area contributed by atoms with Gasteiger partial charge in [-0.25, -0.2) is 4.98 Å². The second-order valence-electron chi connectivity index (χ2n) is 2.55. The third-order valence-electron chi connectivity index (χ3n) is 1.56. The molecule has 76 valence electrons. The van der Waals surface area contributed by atoms with Gasteiger partial charge in [0.15, 0.2) is 5.78 Å². The Balaban J connectivity index is 2.80. The van der Waals surface area contributed by atoms with E-state index in [1.54, 1.807) is 0 Å². The first-order chi connectivity index (χ1) is 6.65. The number of hydrogen-bond acceptors (Lipinski definition) is 3. The lowest BCUT2D eigenvalue weighted by molar-refractivity contribution is 0.0783. The van der Waals surface area contributed by atoms with Crippen molar-refractivity contribution in [1.29, 1.82) is 0 Å². The molecule has 0 aliphatic rings. The largest absolute Gasteiger partial charge is 0.374 e. The zero-order chi connectivity index (χ0) is 10.6. The Kier molecular flexibility index (Phi) is 4.32. The highest BCUT2D eigenvalue weighted by molar-refractivity contribution is 6.36. The Hall–Kier alpha value is -0.640. The van der Waals surface area contributed by atoms with Crippen molar-refractivity contribution < 1.29 is 9.53 Å². The van der Waals surface area contributed by atoms with Crippen LogP contribution in [0.25, 0.3) is 0 Å². The molecular weight excluding hydrogens is 225 g/mol. The summed E-state index contributed by atoms with van der Waals surface area (Å²) in [6.45, 7) is 2.32. The molecular formula is C9H9Cl2NO2. The van der Waals surface area contributed by atoms with Gasteiger partial charge in [-0.15, -0.1) is 0 Å². The van der Waals surface area contributed by atoms with Crippen LogP contribution in [0.5, 0.6) is 0 Å². The van der Waals surface area contributed by atoms with E-state index >= 15 is 0 Å². The van der Waals surface area contributed by atoms with Gasteiger partial charge < -0.3 is 4.74 Å². The number of ketones is 1. The summed E-state index contributed by atoms with van der Waals surface area (Å²) in [7, 11) is 0. The molecule has 0 aliphatic carbocycles. The predicted molar refractivity (Wildman–Crippen MR) is 55.1 cm³/mol. The molecule has 0 radical (unpaired) electrons. The molecule has 0 fully saturated rings. The number of nitrogens with zero attached hydrogens (tertiary/aromatic N) is 1. The van der Waals surface area contributed by atoms with Crippen LogP contribution in [-0.2, 0) is 4.74 Å². The molecule has 1 aromatic rings. The Morgan fingerprint density at radius 1 is 1.57 bits per heavy atom. The molecule has 1 aromatic heterocycles. The SMILES string of the molecule is CCOCC(=O)c1cnc(Cl)cc1Cl. The van der Waals surface area contributed by atoms with Crippen LogP contribution >= 0.6 is 23.2 Å². The minimum atomic E-state index is -0.194. The average Bonchev–Trinajstić information content (AvgIpc) is 2.14. The summed E-state index contributed by atoms with van der Waals surface area (Å²) < 4.78 is 4.97. The standard InChI is InChI=1S/C9H9Cl2NO2/c1-2-14-5-8(13)6-4-12-9(11)3-7(6)10/h3-4H,2,5H2,1H3. The molecule has 0 aromatic carbocycles. The highest BCUT2D eigenvalue weighted by Crippen LogP contribution is 2.18. The topological polar surface area (TPSA) is 39.2 Å². The van der Waals surface area contributed by atoms with Gasteiger partial charge in [-0.2, -0.15) is 0 Å². The zero-order valence-electron chi connectivity index (χ0n) is 7.59. The van der Waals surface area contributed by atoms with Gasteiger partial charge in [0.1, 0.15) is 11.8 Å². The molecule has 0 aliphatic heterocycles. The van der Waals surface area contributed by atoms with Crippen LogP contribution < -0.4 is 0 Å². The number of pyridine rings is 1. The molecule has 14 heavy (non-hydrogen) atoms. The minimum Gasteiger partial charge on any atom is -0.374 e. The number of hydrogen-bond donors (Lipinski definition) is 0. The number of aromatic nitrogens is 1. The number of ether oxygens (including phenoxy) is 1. The van der Waals surface area contributed by atoms with Crippen LogP contribution in [0.3, 0.4) is 0 Å². The summed E-state index contributed by atoms with van der Waals surface area (Å²) in [4.78, 5) is 15.2. The van der Waals surface area contributed by atoms with Crippen molar-refractivity contribution in [3.8, 4) is 0 Å². The van der Waals surface area contributed by atoms with Crippen LogP contribution in [0, 0.1) is 0 Å². The van der Waals surface area contributed by atoms with Crippen molar-refractivity contribution in [3.63, 3.8) is 0 Å². The summed E-state index contributed by atoms with van der Waals surface area (Å²) in [5.74, 6) is -0.194. The van der Waals surface area contributed by atoms with E-state index in [4.69, 9.17) is 27.9 Å². The molecule has 1 rings (SSSR count). The lowest BCUT2D eigenvalue weighted by Gasteiger charge is -2.02. The molecule has 0 saturated heterocycles. The van der Waals surface area contributed by atoms with Crippen molar-refractivity contribution in [2.75, 3.05) is 13.2 Å². The van der Waals surface area contributed by atoms with Gasteiger partial charge in [-0.3, -0.25) is 4.79 Å². The predicted octanol–water partition coefficient (Wildman–Crippen LogP) is 2.61. The quantitative estimate of drug-likeness (QED) is 0.593. The third-order valence-corrected chi connectivity index (χ3v) is 2.08. The van der Waals surface area contributed by atoms with Crippen LogP contribution in [0.1, 0.15) is 17.3 Å². The fraction of sp³-hybridized carbons (Fsp3) is 0.333. The summed E-state index contributed by atoms with van der Waals surface area (Å²) in [5.41, 5.74) is 0.338. The van der Waals surface area contributed by atoms with Crippen molar-refractivity contribution in [2.45, 2.75) is 6.92 Å². The van der Waals surface area contributed by atoms with Gasteiger partial charge in [0.05, 0.1) is 10.6 Å². The van der Waals surface area contributed by atoms with Gasteiger partial charge >= 0.3 is 0 Å². The van der Waals surface area contributed by atoms with E-state index in [9.17, 15) is 4.79 Å². The first kappa shape index (κ1) is 11.4. The molecule has 5 heteroatoms. The molecule has 0 saturated carbocycles. The Bertz CT molecular complexity index is 342. The molecule has 0 spiro atoms. The van der Waals surface area contributed by atoms with Crippen molar-refractivity contribution in [2.24, 2.45) is 0 Å². The van der Waals surface area contributed by atoms with Crippen molar-refractivity contribution in [3.05, 3.63) is 28.0 Å². The van der Waals surface area contributed by atoms with E-state index in [2.05, 4.69) is 4.98 Å². The number of halogens is 2. The number of carbonyl (C=O) groups excluding carboxylic acids is 1. The third kappa shape index (κ3) is 2.94. The smallest absolute Gasteiger partial charge is 0.191 e. The Labute approximate surface area is 92.0 Å². The van der Waals surface area contributed by atoms with E-state index in [-0.39, 0.29) is 17.5 Å². The van der Waals surface area contributed by atoms with Gasteiger partial charge in [-0.05, 0) is 13.0 Å². The van der Waals surface area contributed by atoms with Crippen molar-refractivity contribution >= 4 is 29.0 Å². The number of Topliss-reactive ketones (excluding diaryl/α,β-unsaturated/α-hetero) is 1. The highest BCUT2D eigenvalue weighted by atomic mass is 35.5. The maximum atomic E-state index is 11.4. The van der Waals surface area contributed by atoms with E-state index in [1.807, 2.05) is 6.92 Å². The van der Waals surface area contributed by atoms with E-state index in [0.717, 1.165) is 0 Å². The molecule has 0 atom stereocenters. The molecule has 1 heterocycles. The summed E-state index contributed by atoms with van der Waals surface area (Å²) >= 11 is 11.4. The van der Waals surface area contributed by atoms with Crippen LogP contribution in [-0.4, -0.2) is 24.0 Å². The maximum Gasteiger partial charge on any atom is 0.191 e. The van der Waals surface area contributed by atoms with Crippen LogP contribution in [0.15, 0.2) is 12.3 Å². The second kappa shape index (κ2) is 5.29. The Morgan fingerprint density at radius 2 is 2.29 bits per heavy atom. The molecule has 0 amide bonds. The van der Waals surface area contributed by atoms with E-state index < -0.39 is 0 Å². The average molecular weight is 234 g/mol. The first-order valence-corrected chi connectivity index (χ1v) is 4.82. The summed E-state index contributed by atoms with van der Waals surface area (Å²) in [5, 5.41) is 0.567. The molecule has 0 unspecified atom stereocenters. The zero-order valence-corrected chi connectivity index (χ0v) is 9.10. The molecule has 3 nitrogen and oxygen atoms in total.